The minimum Gasteiger partial charge on any atom is -0.489 e. The molecule has 0 spiro atoms. The van der Waals surface area contributed by atoms with E-state index in [0.717, 1.165) is 105 Å². The van der Waals surface area contributed by atoms with Crippen LogP contribution in [0.3, 0.4) is 0 Å². The molecule has 88 heavy (non-hydrogen) atoms. The number of ether oxygens (including phenoxy) is 4. The van der Waals surface area contributed by atoms with Gasteiger partial charge in [-0.2, -0.15) is 0 Å². The molecule has 3 heterocycles. The Hall–Kier alpha value is -10.5. The molecular weight excluding hydrogens is 1140 g/mol. The zero-order valence-corrected chi connectivity index (χ0v) is 49.2. The van der Waals surface area contributed by atoms with Crippen LogP contribution in [0.2, 0.25) is 0 Å². The molecule has 15 heteroatoms. The molecule has 438 valence electrons. The van der Waals surface area contributed by atoms with Gasteiger partial charge in [-0.05, 0) is 138 Å². The van der Waals surface area contributed by atoms with Gasteiger partial charge in [-0.1, -0.05) is 133 Å². The Kier molecular flexibility index (Phi) is 21.1. The topological polar surface area (TPSA) is 187 Å². The van der Waals surface area contributed by atoms with E-state index in [4.69, 9.17) is 44.2 Å². The fraction of sp³-hybridized carbons (Fsp3) is 0.0959. The molecule has 0 aliphatic heterocycles. The van der Waals surface area contributed by atoms with Gasteiger partial charge < -0.3 is 34.3 Å². The largest absolute Gasteiger partial charge is 0.489 e. The molecule has 0 radical (unpaired) electrons. The van der Waals surface area contributed by atoms with Gasteiger partial charge in [0.1, 0.15) is 49.4 Å². The zero-order valence-electron chi connectivity index (χ0n) is 47.6. The lowest BCUT2D eigenvalue weighted by Crippen LogP contribution is -2.02. The third-order valence-corrected chi connectivity index (χ3v) is 15.6. The lowest BCUT2D eigenvalue weighted by Gasteiger charge is -2.10. The van der Waals surface area contributed by atoms with Crippen molar-refractivity contribution >= 4 is 74.1 Å². The summed E-state index contributed by atoms with van der Waals surface area (Å²) in [6.07, 6.45) is -0.0000270. The molecule has 0 fully saturated rings. The molecule has 0 aliphatic carbocycles. The number of carboxylic acids is 3. The van der Waals surface area contributed by atoms with Gasteiger partial charge in [0, 0.05) is 43.5 Å². The molecule has 12 aromatic rings. The minimum atomic E-state index is -0.937. The number of aromatic nitrogens is 3. The highest BCUT2D eigenvalue weighted by Crippen LogP contribution is 2.29. The number of benzene rings is 9. The second-order valence-corrected chi connectivity index (χ2v) is 22.1. The van der Waals surface area contributed by atoms with Crippen LogP contribution in [0, 0.1) is 0 Å². The quantitative estimate of drug-likeness (QED) is 0.0544. The number of hydrogen-bond acceptors (Lipinski definition) is 12. The van der Waals surface area contributed by atoms with Gasteiger partial charge >= 0.3 is 17.9 Å². The van der Waals surface area contributed by atoms with Crippen molar-refractivity contribution in [2.24, 2.45) is 0 Å². The Morgan fingerprint density at radius 2 is 0.784 bits per heavy atom. The molecule has 3 N–H and O–H groups in total. The van der Waals surface area contributed by atoms with Gasteiger partial charge in [-0.25, -0.2) is 14.6 Å². The second kappa shape index (κ2) is 30.6. The molecule has 9 aromatic carbocycles. The summed E-state index contributed by atoms with van der Waals surface area (Å²) < 4.78 is 23.4. The number of aromatic carboxylic acids is 2. The summed E-state index contributed by atoms with van der Waals surface area (Å²) in [7, 11) is 0. The molecular formula is C73H59N3O10S2. The van der Waals surface area contributed by atoms with Crippen LogP contribution in [-0.2, 0) is 49.1 Å². The molecule has 0 saturated carbocycles. The normalized spacial score (nSPS) is 10.7. The molecule has 0 amide bonds. The Morgan fingerprint density at radius 3 is 1.36 bits per heavy atom. The van der Waals surface area contributed by atoms with Crippen molar-refractivity contribution in [2.75, 3.05) is 0 Å². The number of hydrogen-bond donors (Lipinski definition) is 3. The second-order valence-electron chi connectivity index (χ2n) is 20.0. The summed E-state index contributed by atoms with van der Waals surface area (Å²) in [5, 5.41) is 30.4. The van der Waals surface area contributed by atoms with Gasteiger partial charge in [0.15, 0.2) is 0 Å². The molecule has 13 nitrogen and oxygen atoms in total. The summed E-state index contributed by atoms with van der Waals surface area (Å²) in [4.78, 5) is 49.1. The molecule has 0 atom stereocenters. The molecule has 0 unspecified atom stereocenters. The number of nitrogens with zero attached hydrogens (tertiary/aromatic N) is 3. The smallest absolute Gasteiger partial charge is 0.335 e. The summed E-state index contributed by atoms with van der Waals surface area (Å²) in [5.74, 6) is 1.78. The maximum absolute atomic E-state index is 11.1. The van der Waals surface area contributed by atoms with Crippen LogP contribution in [0.5, 0.6) is 23.0 Å². The van der Waals surface area contributed by atoms with Crippen molar-refractivity contribution in [3.63, 3.8) is 0 Å². The predicted octanol–water partition coefficient (Wildman–Crippen LogP) is 16.6. The minimum absolute atomic E-state index is 0.0000270. The van der Waals surface area contributed by atoms with Crippen molar-refractivity contribution in [1.29, 1.82) is 0 Å². The first-order chi connectivity index (χ1) is 43.0. The Morgan fingerprint density at radius 1 is 0.330 bits per heavy atom. The first-order valence-electron chi connectivity index (χ1n) is 28.1. The standard InChI is InChI=1S/C25H21NO4.2C24H19NO3S/c27-25(28)14-18-5-3-6-19(13-18)16-29-22-8-4-9-23(15-22)30-17-21-12-11-20-7-1-2-10-24(20)26-21;26-24(27)19-7-3-5-17(13-19)15-28-21-8-4-9-22(14-21)29-16-20-12-11-18-6-1-2-10-23(18)25-20;26-24(27)19-7-5-17(6-8-19)15-28-21-11-13-22(14-12-21)29-16-20-10-9-18-3-1-2-4-23(18)25-20/h1-13,15H,14,16-17H2,(H,27,28);2*1-14H,15-16H2,(H,26,27). The maximum Gasteiger partial charge on any atom is 0.335 e. The van der Waals surface area contributed by atoms with Gasteiger partial charge in [0.25, 0.3) is 0 Å². The Balaban J connectivity index is 0.000000146. The number of pyridine rings is 3. The van der Waals surface area contributed by atoms with E-state index in [1.54, 1.807) is 72.1 Å². The number of fused-ring (bicyclic) bond motifs is 3. The average Bonchev–Trinajstić information content (AvgIpc) is 3.63. The number of carbonyl (C=O) groups is 3. The summed E-state index contributed by atoms with van der Waals surface area (Å²) in [5.41, 5.74) is 9.87. The van der Waals surface area contributed by atoms with Crippen LogP contribution in [-0.4, -0.2) is 48.2 Å². The average molecular weight is 1200 g/mol. The van der Waals surface area contributed by atoms with Crippen molar-refractivity contribution < 1.29 is 48.7 Å². The van der Waals surface area contributed by atoms with Gasteiger partial charge in [-0.3, -0.25) is 14.8 Å². The van der Waals surface area contributed by atoms with Gasteiger partial charge in [0.2, 0.25) is 0 Å². The summed E-state index contributed by atoms with van der Waals surface area (Å²) in [6, 6.07) is 80.8. The lowest BCUT2D eigenvalue weighted by molar-refractivity contribution is -0.136. The third kappa shape index (κ3) is 18.3. The number of rotatable bonds is 22. The number of para-hydroxylation sites is 3. The lowest BCUT2D eigenvalue weighted by atomic mass is 10.1. The monoisotopic (exact) mass is 1200 g/mol. The van der Waals surface area contributed by atoms with Crippen LogP contribution >= 0.6 is 23.5 Å². The fourth-order valence-electron chi connectivity index (χ4n) is 9.02. The highest BCUT2D eigenvalue weighted by Gasteiger charge is 2.09. The molecule has 3 aromatic heterocycles. The number of aliphatic carboxylic acids is 1. The van der Waals surface area contributed by atoms with Crippen LogP contribution in [0.4, 0.5) is 0 Å². The van der Waals surface area contributed by atoms with Crippen LogP contribution in [0.1, 0.15) is 60.1 Å². The van der Waals surface area contributed by atoms with E-state index >= 15 is 0 Å². The van der Waals surface area contributed by atoms with Crippen LogP contribution < -0.4 is 18.9 Å². The van der Waals surface area contributed by atoms with Gasteiger partial charge in [-0.15, -0.1) is 23.5 Å². The first kappa shape index (κ1) is 60.6. The summed E-state index contributed by atoms with van der Waals surface area (Å²) in [6.45, 7) is 1.43. The van der Waals surface area contributed by atoms with E-state index < -0.39 is 17.9 Å². The Labute approximate surface area is 517 Å². The highest BCUT2D eigenvalue weighted by molar-refractivity contribution is 7.98. The summed E-state index contributed by atoms with van der Waals surface area (Å²) >= 11 is 3.44. The van der Waals surface area contributed by atoms with E-state index in [1.807, 2.05) is 170 Å². The van der Waals surface area contributed by atoms with Crippen molar-refractivity contribution in [3.05, 3.63) is 305 Å². The number of thioether (sulfide) groups is 2. The van der Waals surface area contributed by atoms with Crippen molar-refractivity contribution in [1.82, 2.24) is 15.0 Å². The van der Waals surface area contributed by atoms with E-state index in [0.29, 0.717) is 37.9 Å². The number of carboxylic acid groups (broad SMARTS) is 3. The van der Waals surface area contributed by atoms with Crippen molar-refractivity contribution in [2.45, 2.75) is 54.1 Å². The fourth-order valence-corrected chi connectivity index (χ4v) is 10.7. The predicted molar refractivity (Wildman–Crippen MR) is 346 cm³/mol. The molecule has 0 bridgehead atoms. The highest BCUT2D eigenvalue weighted by atomic mass is 32.2. The third-order valence-electron chi connectivity index (χ3n) is 13.5. The zero-order chi connectivity index (χ0) is 60.9. The Bertz CT molecular complexity index is 4340. The molecule has 0 saturated heterocycles. The molecule has 12 rings (SSSR count). The van der Waals surface area contributed by atoms with Crippen molar-refractivity contribution in [3.8, 4) is 23.0 Å². The van der Waals surface area contributed by atoms with Crippen LogP contribution in [0.25, 0.3) is 32.7 Å². The van der Waals surface area contributed by atoms with E-state index in [9.17, 15) is 14.4 Å². The SMILES string of the molecule is O=C(O)Cc1cccc(COc2cccc(OCc3ccc4ccccc4n3)c2)c1.O=C(O)c1ccc(COc2ccc(SCc3ccc4ccccc4n3)cc2)cc1.O=C(O)c1cccc(COc2cccc(SCc3ccc4ccccc4n3)c2)c1. The van der Waals surface area contributed by atoms with Gasteiger partial charge in [0.05, 0.1) is 51.2 Å². The maximum atomic E-state index is 11.1. The van der Waals surface area contributed by atoms with E-state index in [2.05, 4.69) is 41.4 Å². The first-order valence-corrected chi connectivity index (χ1v) is 30.0. The van der Waals surface area contributed by atoms with Crippen LogP contribution in [0.15, 0.2) is 265 Å². The van der Waals surface area contributed by atoms with E-state index in [-0.39, 0.29) is 17.5 Å². The van der Waals surface area contributed by atoms with E-state index in [1.165, 1.54) is 0 Å². The molecule has 0 aliphatic rings.